The third kappa shape index (κ3) is 4.07. The van der Waals surface area contributed by atoms with E-state index in [1.807, 2.05) is 0 Å². The number of nitrogens with zero attached hydrogens (tertiary/aromatic N) is 2. The van der Waals surface area contributed by atoms with Gasteiger partial charge in [-0.15, -0.1) is 11.8 Å². The lowest BCUT2D eigenvalue weighted by molar-refractivity contribution is -0.114. The summed E-state index contributed by atoms with van der Waals surface area (Å²) in [6, 6.07) is 0. The van der Waals surface area contributed by atoms with Crippen LogP contribution < -0.4 is 5.32 Å². The number of carbonyl (C=O) groups excluding carboxylic acids is 1. The highest BCUT2D eigenvalue weighted by atomic mass is 32.2. The fourth-order valence-electron chi connectivity index (χ4n) is 1.33. The van der Waals surface area contributed by atoms with E-state index < -0.39 is 0 Å². The molecule has 19 heavy (non-hydrogen) atoms. The number of carbonyl (C=O) groups is 1. The van der Waals surface area contributed by atoms with E-state index in [9.17, 15) is 4.79 Å². The van der Waals surface area contributed by atoms with Crippen molar-refractivity contribution in [2.45, 2.75) is 36.7 Å². The smallest absolute Gasteiger partial charge is 0.223 e. The van der Waals surface area contributed by atoms with Crippen LogP contribution in [-0.4, -0.2) is 15.9 Å². The van der Waals surface area contributed by atoms with E-state index in [4.69, 9.17) is 4.42 Å². The summed E-state index contributed by atoms with van der Waals surface area (Å²) in [5, 5.41) is 3.27. The normalized spacial score (nSPS) is 10.9. The fourth-order valence-corrected chi connectivity index (χ4v) is 3.10. The van der Waals surface area contributed by atoms with Crippen LogP contribution in [0.4, 0.5) is 5.13 Å². The standard InChI is InChI=1S/C12H15N3O2S2/c1-7(2)9-4-13-10(17-9)6-18-11-5-14-12(19-11)15-8(3)16/h4-5,7H,6H2,1-3H3,(H,14,15,16). The number of hydrogen-bond donors (Lipinski definition) is 1. The molecule has 0 spiro atoms. The van der Waals surface area contributed by atoms with E-state index in [0.29, 0.717) is 22.7 Å². The molecular weight excluding hydrogens is 282 g/mol. The summed E-state index contributed by atoms with van der Waals surface area (Å²) in [5.74, 6) is 2.51. The first-order valence-electron chi connectivity index (χ1n) is 5.85. The molecular formula is C12H15N3O2S2. The number of amides is 1. The Hall–Kier alpha value is -1.34. The van der Waals surface area contributed by atoms with Gasteiger partial charge in [0.2, 0.25) is 11.8 Å². The van der Waals surface area contributed by atoms with E-state index >= 15 is 0 Å². The minimum absolute atomic E-state index is 0.111. The Bertz CT molecular complexity index is 563. The van der Waals surface area contributed by atoms with Gasteiger partial charge in [-0.2, -0.15) is 0 Å². The molecule has 0 aliphatic carbocycles. The largest absolute Gasteiger partial charge is 0.445 e. The lowest BCUT2D eigenvalue weighted by Gasteiger charge is -1.97. The van der Waals surface area contributed by atoms with Crippen molar-refractivity contribution in [1.29, 1.82) is 0 Å². The summed E-state index contributed by atoms with van der Waals surface area (Å²) >= 11 is 3.04. The number of aromatic nitrogens is 2. The molecule has 0 aliphatic rings. The van der Waals surface area contributed by atoms with Crippen molar-refractivity contribution in [2.24, 2.45) is 0 Å². The summed E-state index contributed by atoms with van der Waals surface area (Å²) < 4.78 is 6.64. The Kier molecular flexibility index (Phi) is 4.60. The number of hydrogen-bond acceptors (Lipinski definition) is 6. The summed E-state index contributed by atoms with van der Waals surface area (Å²) in [4.78, 5) is 19.2. The molecule has 0 aromatic carbocycles. The lowest BCUT2D eigenvalue weighted by atomic mass is 10.2. The van der Waals surface area contributed by atoms with Gasteiger partial charge >= 0.3 is 0 Å². The van der Waals surface area contributed by atoms with E-state index in [-0.39, 0.29) is 5.91 Å². The Morgan fingerprint density at radius 2 is 2.26 bits per heavy atom. The maximum absolute atomic E-state index is 10.9. The van der Waals surface area contributed by atoms with Crippen molar-refractivity contribution in [3.8, 4) is 0 Å². The third-order valence-corrected chi connectivity index (χ3v) is 4.34. The minimum Gasteiger partial charge on any atom is -0.445 e. The molecule has 0 fully saturated rings. The maximum Gasteiger partial charge on any atom is 0.223 e. The van der Waals surface area contributed by atoms with Crippen molar-refractivity contribution in [2.75, 3.05) is 5.32 Å². The van der Waals surface area contributed by atoms with Crippen molar-refractivity contribution in [3.63, 3.8) is 0 Å². The van der Waals surface area contributed by atoms with Crippen LogP contribution >= 0.6 is 23.1 Å². The molecule has 2 aromatic rings. The molecule has 5 nitrogen and oxygen atoms in total. The van der Waals surface area contributed by atoms with Gasteiger partial charge in [-0.3, -0.25) is 4.79 Å². The van der Waals surface area contributed by atoms with Crippen molar-refractivity contribution in [1.82, 2.24) is 9.97 Å². The van der Waals surface area contributed by atoms with Gasteiger partial charge in [-0.1, -0.05) is 25.2 Å². The van der Waals surface area contributed by atoms with Gasteiger partial charge in [-0.05, 0) is 0 Å². The highest BCUT2D eigenvalue weighted by molar-refractivity contribution is 8.00. The Balaban J connectivity index is 1.90. The third-order valence-electron chi connectivity index (χ3n) is 2.25. The molecule has 2 heterocycles. The van der Waals surface area contributed by atoms with Crippen LogP contribution in [0.1, 0.15) is 38.3 Å². The molecule has 1 N–H and O–H groups in total. The van der Waals surface area contributed by atoms with Gasteiger partial charge in [0.25, 0.3) is 0 Å². The highest BCUT2D eigenvalue weighted by Crippen LogP contribution is 2.30. The topological polar surface area (TPSA) is 68.0 Å². The summed E-state index contributed by atoms with van der Waals surface area (Å²) in [6.07, 6.45) is 3.52. The minimum atomic E-state index is -0.111. The molecule has 102 valence electrons. The second kappa shape index (κ2) is 6.21. The van der Waals surface area contributed by atoms with Crippen molar-refractivity contribution < 1.29 is 9.21 Å². The molecule has 7 heteroatoms. The second-order valence-electron chi connectivity index (χ2n) is 4.27. The summed E-state index contributed by atoms with van der Waals surface area (Å²) in [6.45, 7) is 5.61. The molecule has 0 bridgehead atoms. The van der Waals surface area contributed by atoms with Crippen LogP contribution in [0.25, 0.3) is 0 Å². The molecule has 2 aromatic heterocycles. The van der Waals surface area contributed by atoms with Crippen LogP contribution in [0.15, 0.2) is 21.0 Å². The molecule has 1 amide bonds. The van der Waals surface area contributed by atoms with E-state index in [0.717, 1.165) is 9.97 Å². The zero-order valence-corrected chi connectivity index (χ0v) is 12.6. The lowest BCUT2D eigenvalue weighted by Crippen LogP contribution is -2.04. The second-order valence-corrected chi connectivity index (χ2v) is 6.57. The molecule has 2 rings (SSSR count). The molecule has 0 aliphatic heterocycles. The van der Waals surface area contributed by atoms with Gasteiger partial charge < -0.3 is 9.73 Å². The Labute approximate surface area is 119 Å². The van der Waals surface area contributed by atoms with Crippen LogP contribution in [-0.2, 0) is 10.5 Å². The average Bonchev–Trinajstić information content (AvgIpc) is 2.94. The van der Waals surface area contributed by atoms with Gasteiger partial charge in [-0.25, -0.2) is 9.97 Å². The zero-order chi connectivity index (χ0) is 13.8. The quantitative estimate of drug-likeness (QED) is 0.855. The predicted molar refractivity (Wildman–Crippen MR) is 76.6 cm³/mol. The molecule has 0 unspecified atom stereocenters. The van der Waals surface area contributed by atoms with Crippen LogP contribution in [0, 0.1) is 0 Å². The first-order valence-corrected chi connectivity index (χ1v) is 7.65. The Morgan fingerprint density at radius 1 is 1.47 bits per heavy atom. The van der Waals surface area contributed by atoms with E-state index in [2.05, 4.69) is 29.1 Å². The first-order chi connectivity index (χ1) is 9.04. The van der Waals surface area contributed by atoms with E-state index in [1.54, 1.807) is 24.2 Å². The van der Waals surface area contributed by atoms with Gasteiger partial charge in [0, 0.05) is 12.8 Å². The van der Waals surface area contributed by atoms with Gasteiger partial charge in [0.15, 0.2) is 5.13 Å². The number of rotatable bonds is 5. The monoisotopic (exact) mass is 297 g/mol. The molecule has 0 saturated carbocycles. The number of thiazole rings is 1. The Morgan fingerprint density at radius 3 is 2.89 bits per heavy atom. The molecule has 0 saturated heterocycles. The molecule has 0 radical (unpaired) electrons. The number of nitrogens with one attached hydrogen (secondary N) is 1. The van der Waals surface area contributed by atoms with Crippen LogP contribution in [0.5, 0.6) is 0 Å². The van der Waals surface area contributed by atoms with Crippen molar-refractivity contribution >= 4 is 34.1 Å². The van der Waals surface area contributed by atoms with Crippen molar-refractivity contribution in [3.05, 3.63) is 24.0 Å². The number of oxazole rings is 1. The van der Waals surface area contributed by atoms with Crippen LogP contribution in [0.2, 0.25) is 0 Å². The molecule has 0 atom stereocenters. The number of anilines is 1. The fraction of sp³-hybridized carbons (Fsp3) is 0.417. The summed E-state index contributed by atoms with van der Waals surface area (Å²) in [7, 11) is 0. The predicted octanol–water partition coefficient (Wildman–Crippen LogP) is 3.51. The average molecular weight is 297 g/mol. The summed E-state index contributed by atoms with van der Waals surface area (Å²) in [5.41, 5.74) is 0. The van der Waals surface area contributed by atoms with E-state index in [1.165, 1.54) is 18.3 Å². The SMILES string of the molecule is CC(=O)Nc1ncc(SCc2ncc(C(C)C)o2)s1. The van der Waals surface area contributed by atoms with Gasteiger partial charge in [0.05, 0.1) is 22.4 Å². The van der Waals surface area contributed by atoms with Crippen LogP contribution in [0.3, 0.4) is 0 Å². The first kappa shape index (κ1) is 14.1. The highest BCUT2D eigenvalue weighted by Gasteiger charge is 2.09. The maximum atomic E-state index is 10.9. The zero-order valence-electron chi connectivity index (χ0n) is 11.0. The number of thioether (sulfide) groups is 1. The van der Waals surface area contributed by atoms with Gasteiger partial charge in [0.1, 0.15) is 5.76 Å².